The second-order valence-corrected chi connectivity index (χ2v) is 3.89. The maximum Gasteiger partial charge on any atom is 0.0893 e. The van der Waals surface area contributed by atoms with Crippen molar-refractivity contribution in [1.29, 1.82) is 0 Å². The Morgan fingerprint density at radius 1 is 1.06 bits per heavy atom. The van der Waals surface area contributed by atoms with Crippen LogP contribution >= 0.6 is 0 Å². The highest BCUT2D eigenvalue weighted by Crippen LogP contribution is 2.17. The molecule has 3 rings (SSSR count). The minimum Gasteiger partial charge on any atom is -0.363 e. The molecule has 3 aromatic rings. The molecule has 0 spiro atoms. The molecule has 3 N–H and O–H groups in total. The Balaban J connectivity index is 2.06. The maximum atomic E-state index is 6.12. The first kappa shape index (κ1) is 9.99. The van der Waals surface area contributed by atoms with Crippen LogP contribution in [0, 0.1) is 0 Å². The van der Waals surface area contributed by atoms with Gasteiger partial charge in [-0.3, -0.25) is 4.98 Å². The molecule has 0 radical (unpaired) electrons. The van der Waals surface area contributed by atoms with E-state index >= 15 is 0 Å². The number of aromatic nitrogens is 3. The van der Waals surface area contributed by atoms with E-state index in [9.17, 15) is 0 Å². The number of hydrogen-bond donors (Lipinski definition) is 2. The van der Waals surface area contributed by atoms with Crippen LogP contribution in [-0.4, -0.2) is 15.0 Å². The van der Waals surface area contributed by atoms with Crippen molar-refractivity contribution >= 4 is 11.0 Å². The van der Waals surface area contributed by atoms with Crippen LogP contribution in [-0.2, 0) is 0 Å². The molecule has 0 fully saturated rings. The van der Waals surface area contributed by atoms with Crippen molar-refractivity contribution in [2.24, 2.45) is 5.73 Å². The predicted molar refractivity (Wildman–Crippen MR) is 66.4 cm³/mol. The third-order valence-corrected chi connectivity index (χ3v) is 2.74. The lowest BCUT2D eigenvalue weighted by molar-refractivity contribution is 0.801. The Hall–Kier alpha value is -2.20. The van der Waals surface area contributed by atoms with E-state index in [-0.39, 0.29) is 6.04 Å². The largest absolute Gasteiger partial charge is 0.363 e. The molecule has 4 heteroatoms. The Kier molecular flexibility index (Phi) is 2.34. The van der Waals surface area contributed by atoms with Gasteiger partial charge in [0.1, 0.15) is 0 Å². The van der Waals surface area contributed by atoms with E-state index in [1.165, 1.54) is 0 Å². The van der Waals surface area contributed by atoms with Crippen molar-refractivity contribution in [2.75, 3.05) is 0 Å². The maximum absolute atomic E-state index is 6.12. The molecule has 84 valence electrons. The molecule has 1 aromatic carbocycles. The molecule has 1 atom stereocenters. The van der Waals surface area contributed by atoms with E-state index in [0.29, 0.717) is 0 Å². The van der Waals surface area contributed by atoms with Crippen LogP contribution in [0.4, 0.5) is 0 Å². The van der Waals surface area contributed by atoms with Crippen LogP contribution in [0.5, 0.6) is 0 Å². The Bertz CT molecular complexity index is 631. The van der Waals surface area contributed by atoms with Gasteiger partial charge in [-0.2, -0.15) is 0 Å². The number of rotatable bonds is 2. The number of benzene rings is 1. The first-order valence-electron chi connectivity index (χ1n) is 5.45. The summed E-state index contributed by atoms with van der Waals surface area (Å²) in [5, 5.41) is 0. The summed E-state index contributed by atoms with van der Waals surface area (Å²) in [5.41, 5.74) is 9.58. The van der Waals surface area contributed by atoms with E-state index in [1.54, 1.807) is 6.20 Å². The molecule has 2 heterocycles. The Morgan fingerprint density at radius 3 is 2.65 bits per heavy atom. The summed E-state index contributed by atoms with van der Waals surface area (Å²) >= 11 is 0. The zero-order chi connectivity index (χ0) is 11.7. The molecular weight excluding hydrogens is 212 g/mol. The van der Waals surface area contributed by atoms with Gasteiger partial charge in [-0.15, -0.1) is 0 Å². The third-order valence-electron chi connectivity index (χ3n) is 2.74. The van der Waals surface area contributed by atoms with Gasteiger partial charge in [0.15, 0.2) is 0 Å². The number of nitrogens with two attached hydrogens (primary N) is 1. The molecule has 4 nitrogen and oxygen atoms in total. The van der Waals surface area contributed by atoms with E-state index in [4.69, 9.17) is 5.73 Å². The molecule has 0 bridgehead atoms. The molecule has 0 aliphatic heterocycles. The van der Waals surface area contributed by atoms with Crippen LogP contribution in [0.25, 0.3) is 11.0 Å². The molecule has 0 aliphatic rings. The smallest absolute Gasteiger partial charge is 0.0893 e. The zero-order valence-electron chi connectivity index (χ0n) is 9.17. The highest BCUT2D eigenvalue weighted by molar-refractivity contribution is 5.73. The average Bonchev–Trinajstić information content (AvgIpc) is 2.91. The molecule has 0 saturated heterocycles. The summed E-state index contributed by atoms with van der Waals surface area (Å²) in [6.07, 6.45) is 3.58. The summed E-state index contributed by atoms with van der Waals surface area (Å²) in [6.45, 7) is 0. The zero-order valence-corrected chi connectivity index (χ0v) is 9.17. The molecule has 1 unspecified atom stereocenters. The molecule has 17 heavy (non-hydrogen) atoms. The number of para-hydroxylation sites is 2. The number of H-pyrrole nitrogens is 1. The summed E-state index contributed by atoms with van der Waals surface area (Å²) in [4.78, 5) is 12.0. The highest BCUT2D eigenvalue weighted by Gasteiger charge is 2.11. The van der Waals surface area contributed by atoms with Crippen LogP contribution in [0.3, 0.4) is 0 Å². The van der Waals surface area contributed by atoms with Gasteiger partial charge in [-0.25, -0.2) is 4.98 Å². The summed E-state index contributed by atoms with van der Waals surface area (Å²) in [7, 11) is 0. The standard InChI is InChI=1S/C13H12N4/c14-13(11-6-3-7-15-11)12-8-16-9-4-1-2-5-10(9)17-12/h1-8,13,15H,14H2. The fourth-order valence-electron chi connectivity index (χ4n) is 1.82. The van der Waals surface area contributed by atoms with Crippen LogP contribution in [0.2, 0.25) is 0 Å². The topological polar surface area (TPSA) is 67.6 Å². The number of nitrogens with one attached hydrogen (secondary N) is 1. The lowest BCUT2D eigenvalue weighted by Crippen LogP contribution is -2.14. The minimum absolute atomic E-state index is 0.262. The molecule has 0 saturated carbocycles. The van der Waals surface area contributed by atoms with Gasteiger partial charge in [0.05, 0.1) is 29.0 Å². The third kappa shape index (κ3) is 1.79. The van der Waals surface area contributed by atoms with E-state index in [1.807, 2.05) is 42.6 Å². The van der Waals surface area contributed by atoms with Gasteiger partial charge in [-0.05, 0) is 24.3 Å². The molecule has 2 aromatic heterocycles. The molecule has 0 aliphatic carbocycles. The van der Waals surface area contributed by atoms with Crippen molar-refractivity contribution in [3.05, 3.63) is 60.2 Å². The van der Waals surface area contributed by atoms with Gasteiger partial charge in [-0.1, -0.05) is 12.1 Å². The van der Waals surface area contributed by atoms with Crippen molar-refractivity contribution < 1.29 is 0 Å². The van der Waals surface area contributed by atoms with Gasteiger partial charge < -0.3 is 10.7 Å². The number of nitrogens with zero attached hydrogens (tertiary/aromatic N) is 2. The van der Waals surface area contributed by atoms with E-state index < -0.39 is 0 Å². The normalized spacial score (nSPS) is 12.8. The van der Waals surface area contributed by atoms with E-state index in [0.717, 1.165) is 22.4 Å². The second kappa shape index (κ2) is 3.99. The first-order valence-corrected chi connectivity index (χ1v) is 5.45. The van der Waals surface area contributed by atoms with Gasteiger partial charge in [0, 0.05) is 11.9 Å². The predicted octanol–water partition coefficient (Wildman–Crippen LogP) is 2.01. The lowest BCUT2D eigenvalue weighted by atomic mass is 10.1. The molecule has 0 amide bonds. The fourth-order valence-corrected chi connectivity index (χ4v) is 1.82. The SMILES string of the molecule is NC(c1cnc2ccccc2n1)c1ccc[nH]1. The number of fused-ring (bicyclic) bond motifs is 1. The average molecular weight is 224 g/mol. The van der Waals surface area contributed by atoms with Gasteiger partial charge in [0.25, 0.3) is 0 Å². The van der Waals surface area contributed by atoms with Gasteiger partial charge >= 0.3 is 0 Å². The van der Waals surface area contributed by atoms with Crippen molar-refractivity contribution in [2.45, 2.75) is 6.04 Å². The van der Waals surface area contributed by atoms with Crippen molar-refractivity contribution in [3.8, 4) is 0 Å². The quantitative estimate of drug-likeness (QED) is 0.699. The number of hydrogen-bond acceptors (Lipinski definition) is 3. The first-order chi connectivity index (χ1) is 8.34. The summed E-state index contributed by atoms with van der Waals surface area (Å²) in [6, 6.07) is 11.4. The highest BCUT2D eigenvalue weighted by atomic mass is 14.9. The Labute approximate surface area is 98.5 Å². The summed E-state index contributed by atoms with van der Waals surface area (Å²) < 4.78 is 0. The lowest BCUT2D eigenvalue weighted by Gasteiger charge is -2.09. The van der Waals surface area contributed by atoms with Crippen LogP contribution < -0.4 is 5.73 Å². The van der Waals surface area contributed by atoms with Crippen LogP contribution in [0.15, 0.2) is 48.8 Å². The number of aromatic amines is 1. The second-order valence-electron chi connectivity index (χ2n) is 3.89. The minimum atomic E-state index is -0.262. The molecular formula is C13H12N4. The summed E-state index contributed by atoms with van der Waals surface area (Å²) in [5.74, 6) is 0. The van der Waals surface area contributed by atoms with Crippen LogP contribution in [0.1, 0.15) is 17.4 Å². The van der Waals surface area contributed by atoms with Crippen molar-refractivity contribution in [1.82, 2.24) is 15.0 Å². The Morgan fingerprint density at radius 2 is 1.88 bits per heavy atom. The van der Waals surface area contributed by atoms with E-state index in [2.05, 4.69) is 15.0 Å². The fraction of sp³-hybridized carbons (Fsp3) is 0.0769. The monoisotopic (exact) mass is 224 g/mol. The van der Waals surface area contributed by atoms with Crippen molar-refractivity contribution in [3.63, 3.8) is 0 Å². The van der Waals surface area contributed by atoms with Gasteiger partial charge in [0.2, 0.25) is 0 Å².